The molecule has 1 unspecified atom stereocenters. The highest BCUT2D eigenvalue weighted by molar-refractivity contribution is 6.04. The summed E-state index contributed by atoms with van der Waals surface area (Å²) in [7, 11) is 0. The minimum absolute atomic E-state index is 0.0436. The van der Waals surface area contributed by atoms with Crippen LogP contribution in [0.1, 0.15) is 46.0 Å². The van der Waals surface area contributed by atoms with Crippen LogP contribution in [0.3, 0.4) is 0 Å². The van der Waals surface area contributed by atoms with E-state index in [-0.39, 0.29) is 18.0 Å². The molecule has 1 aliphatic rings. The highest BCUT2D eigenvalue weighted by Crippen LogP contribution is 2.12. The summed E-state index contributed by atoms with van der Waals surface area (Å²) in [6.45, 7) is 4.68. The molecular formula is C11H20N2O2. The lowest BCUT2D eigenvalue weighted by Crippen LogP contribution is -2.32. The zero-order valence-electron chi connectivity index (χ0n) is 9.58. The van der Waals surface area contributed by atoms with Crippen LogP contribution in [0, 0.1) is 0 Å². The van der Waals surface area contributed by atoms with E-state index in [1.165, 1.54) is 4.90 Å². The van der Waals surface area contributed by atoms with Crippen molar-refractivity contribution in [1.82, 2.24) is 10.2 Å². The lowest BCUT2D eigenvalue weighted by Gasteiger charge is -2.12. The SMILES string of the molecule is CCCCCN1C(=O)NC(CCC)C1=O. The van der Waals surface area contributed by atoms with E-state index in [0.29, 0.717) is 6.54 Å². The van der Waals surface area contributed by atoms with Crippen LogP contribution in [-0.4, -0.2) is 29.4 Å². The van der Waals surface area contributed by atoms with Gasteiger partial charge in [0.05, 0.1) is 0 Å². The Morgan fingerprint density at radius 3 is 2.53 bits per heavy atom. The summed E-state index contributed by atoms with van der Waals surface area (Å²) < 4.78 is 0. The van der Waals surface area contributed by atoms with Gasteiger partial charge in [-0.2, -0.15) is 0 Å². The van der Waals surface area contributed by atoms with Crippen LogP contribution in [-0.2, 0) is 4.79 Å². The summed E-state index contributed by atoms with van der Waals surface area (Å²) >= 11 is 0. The van der Waals surface area contributed by atoms with Gasteiger partial charge in [0.25, 0.3) is 5.91 Å². The van der Waals surface area contributed by atoms with Crippen LogP contribution < -0.4 is 5.32 Å². The molecule has 0 spiro atoms. The van der Waals surface area contributed by atoms with E-state index in [0.717, 1.165) is 32.1 Å². The Labute approximate surface area is 91.0 Å². The van der Waals surface area contributed by atoms with Crippen molar-refractivity contribution in [2.75, 3.05) is 6.54 Å². The molecule has 0 bridgehead atoms. The van der Waals surface area contributed by atoms with Gasteiger partial charge in [0.2, 0.25) is 0 Å². The van der Waals surface area contributed by atoms with E-state index in [1.807, 2.05) is 6.92 Å². The van der Waals surface area contributed by atoms with Gasteiger partial charge in [0, 0.05) is 6.54 Å². The molecule has 1 N–H and O–H groups in total. The Morgan fingerprint density at radius 2 is 1.93 bits per heavy atom. The number of hydrogen-bond acceptors (Lipinski definition) is 2. The molecule has 4 nitrogen and oxygen atoms in total. The molecule has 1 rings (SSSR count). The van der Waals surface area contributed by atoms with Gasteiger partial charge in [0.15, 0.2) is 0 Å². The zero-order chi connectivity index (χ0) is 11.3. The van der Waals surface area contributed by atoms with E-state index >= 15 is 0 Å². The molecule has 0 aromatic heterocycles. The summed E-state index contributed by atoms with van der Waals surface area (Å²) in [6, 6.07) is -0.487. The molecule has 1 heterocycles. The monoisotopic (exact) mass is 212 g/mol. The second-order valence-corrected chi connectivity index (χ2v) is 3.99. The van der Waals surface area contributed by atoms with E-state index < -0.39 is 0 Å². The first-order chi connectivity index (χ1) is 7.20. The van der Waals surface area contributed by atoms with Crippen molar-refractivity contribution in [2.45, 2.75) is 52.0 Å². The predicted octanol–water partition coefficient (Wildman–Crippen LogP) is 1.90. The zero-order valence-corrected chi connectivity index (χ0v) is 9.58. The summed E-state index contributed by atoms with van der Waals surface area (Å²) in [4.78, 5) is 24.6. The van der Waals surface area contributed by atoms with Gasteiger partial charge in [0.1, 0.15) is 6.04 Å². The molecule has 1 fully saturated rings. The fourth-order valence-electron chi connectivity index (χ4n) is 1.79. The maximum Gasteiger partial charge on any atom is 0.324 e. The van der Waals surface area contributed by atoms with Crippen molar-refractivity contribution in [3.63, 3.8) is 0 Å². The maximum atomic E-state index is 11.7. The largest absolute Gasteiger partial charge is 0.326 e. The molecule has 15 heavy (non-hydrogen) atoms. The molecule has 0 aromatic rings. The van der Waals surface area contributed by atoms with Crippen LogP contribution in [0.5, 0.6) is 0 Å². The first kappa shape index (κ1) is 12.0. The standard InChI is InChI=1S/C11H20N2O2/c1-3-5-6-8-13-10(14)9(7-4-2)12-11(13)15/h9H,3-8H2,1-2H3,(H,12,15). The summed E-state index contributed by atoms with van der Waals surface area (Å²) in [5.74, 6) is -0.0436. The van der Waals surface area contributed by atoms with Crippen molar-refractivity contribution in [1.29, 1.82) is 0 Å². The Balaban J connectivity index is 2.44. The normalized spacial score (nSPS) is 20.9. The average Bonchev–Trinajstić information content (AvgIpc) is 2.46. The fourth-order valence-corrected chi connectivity index (χ4v) is 1.79. The van der Waals surface area contributed by atoms with Crippen molar-refractivity contribution >= 4 is 11.9 Å². The third-order valence-electron chi connectivity index (χ3n) is 2.67. The number of carbonyl (C=O) groups excluding carboxylic acids is 2. The highest BCUT2D eigenvalue weighted by Gasteiger charge is 2.36. The number of unbranched alkanes of at least 4 members (excludes halogenated alkanes) is 2. The number of nitrogens with one attached hydrogen (secondary N) is 1. The number of nitrogens with zero attached hydrogens (tertiary/aromatic N) is 1. The molecule has 3 amide bonds. The van der Waals surface area contributed by atoms with E-state index in [9.17, 15) is 9.59 Å². The lowest BCUT2D eigenvalue weighted by atomic mass is 10.1. The molecule has 1 atom stereocenters. The molecule has 1 saturated heterocycles. The van der Waals surface area contributed by atoms with Gasteiger partial charge in [-0.1, -0.05) is 33.1 Å². The van der Waals surface area contributed by atoms with Crippen LogP contribution >= 0.6 is 0 Å². The Hall–Kier alpha value is -1.06. The molecule has 0 aromatic carbocycles. The summed E-state index contributed by atoms with van der Waals surface area (Å²) in [6.07, 6.45) is 4.74. The lowest BCUT2D eigenvalue weighted by molar-refractivity contribution is -0.127. The maximum absolute atomic E-state index is 11.7. The van der Waals surface area contributed by atoms with Crippen molar-refractivity contribution in [2.24, 2.45) is 0 Å². The van der Waals surface area contributed by atoms with Crippen LogP contribution in [0.15, 0.2) is 0 Å². The van der Waals surface area contributed by atoms with Gasteiger partial charge in [-0.3, -0.25) is 9.69 Å². The highest BCUT2D eigenvalue weighted by atomic mass is 16.2. The second-order valence-electron chi connectivity index (χ2n) is 3.99. The smallest absolute Gasteiger partial charge is 0.324 e. The fraction of sp³-hybridized carbons (Fsp3) is 0.818. The molecule has 4 heteroatoms. The molecule has 86 valence electrons. The quantitative estimate of drug-likeness (QED) is 0.540. The predicted molar refractivity (Wildman–Crippen MR) is 58.5 cm³/mol. The van der Waals surface area contributed by atoms with E-state index in [2.05, 4.69) is 12.2 Å². The average molecular weight is 212 g/mol. The minimum atomic E-state index is -0.274. The first-order valence-electron chi connectivity index (χ1n) is 5.82. The van der Waals surface area contributed by atoms with E-state index in [1.54, 1.807) is 0 Å². The number of amides is 3. The van der Waals surface area contributed by atoms with Crippen LogP contribution in [0.2, 0.25) is 0 Å². The van der Waals surface area contributed by atoms with Gasteiger partial charge in [-0.25, -0.2) is 4.79 Å². The molecule has 0 saturated carbocycles. The minimum Gasteiger partial charge on any atom is -0.326 e. The van der Waals surface area contributed by atoms with Crippen LogP contribution in [0.4, 0.5) is 4.79 Å². The molecule has 0 aliphatic carbocycles. The van der Waals surface area contributed by atoms with Crippen LogP contribution in [0.25, 0.3) is 0 Å². The number of rotatable bonds is 6. The number of carbonyl (C=O) groups is 2. The van der Waals surface area contributed by atoms with Gasteiger partial charge >= 0.3 is 6.03 Å². The number of urea groups is 1. The molecular weight excluding hydrogens is 192 g/mol. The van der Waals surface area contributed by atoms with E-state index in [4.69, 9.17) is 0 Å². The van der Waals surface area contributed by atoms with Gasteiger partial charge in [-0.15, -0.1) is 0 Å². The topological polar surface area (TPSA) is 49.4 Å². The third-order valence-corrected chi connectivity index (χ3v) is 2.67. The van der Waals surface area contributed by atoms with Gasteiger partial charge < -0.3 is 5.32 Å². The first-order valence-corrected chi connectivity index (χ1v) is 5.82. The number of imide groups is 1. The Morgan fingerprint density at radius 1 is 1.20 bits per heavy atom. The third kappa shape index (κ3) is 2.94. The summed E-state index contributed by atoms with van der Waals surface area (Å²) in [5, 5.41) is 2.72. The molecule has 0 radical (unpaired) electrons. The van der Waals surface area contributed by atoms with Crippen molar-refractivity contribution < 1.29 is 9.59 Å². The Bertz CT molecular complexity index is 241. The number of hydrogen-bond donors (Lipinski definition) is 1. The van der Waals surface area contributed by atoms with Crippen molar-refractivity contribution in [3.8, 4) is 0 Å². The Kier molecular flexibility index (Phi) is 4.59. The molecule has 1 aliphatic heterocycles. The summed E-state index contributed by atoms with van der Waals surface area (Å²) in [5.41, 5.74) is 0. The van der Waals surface area contributed by atoms with Crippen molar-refractivity contribution in [3.05, 3.63) is 0 Å². The second kappa shape index (κ2) is 5.73. The van der Waals surface area contributed by atoms with Gasteiger partial charge in [-0.05, 0) is 12.8 Å².